The molecule has 0 saturated heterocycles. The van der Waals surface area contributed by atoms with Crippen LogP contribution in [0, 0.1) is 0 Å². The minimum absolute atomic E-state index is 0.166. The van der Waals surface area contributed by atoms with Gasteiger partial charge >= 0.3 is 0 Å². The van der Waals surface area contributed by atoms with Gasteiger partial charge in [0.05, 0.1) is 23.4 Å². The number of nitrogens with zero attached hydrogens (tertiary/aromatic N) is 2. The summed E-state index contributed by atoms with van der Waals surface area (Å²) in [6.07, 6.45) is 0.468. The second kappa shape index (κ2) is 9.47. The van der Waals surface area contributed by atoms with E-state index in [4.69, 9.17) is 9.47 Å². The van der Waals surface area contributed by atoms with Gasteiger partial charge in [-0.05, 0) is 36.2 Å². The number of hydrogen-bond acceptors (Lipinski definition) is 6. The molecule has 0 saturated carbocycles. The molecule has 0 radical (unpaired) electrons. The molecule has 152 valence electrons. The van der Waals surface area contributed by atoms with E-state index in [-0.39, 0.29) is 5.91 Å². The standard InChI is InChI=1S/C21H23N3O4S/c1-22-21(26)19(29-13-25)10-14-4-6-15(7-5-14)28-12-20-23-17-9-8-16(27-3)11-18(17)24(20)2/h4-9,11,13,19H,10,12H2,1-3H3,(H,22,26). The van der Waals surface area contributed by atoms with Gasteiger partial charge < -0.3 is 19.4 Å². The number of hydrogen-bond donors (Lipinski definition) is 1. The van der Waals surface area contributed by atoms with Crippen molar-refractivity contribution in [3.63, 3.8) is 0 Å². The number of imidazole rings is 1. The number of aromatic nitrogens is 2. The van der Waals surface area contributed by atoms with Crippen molar-refractivity contribution >= 4 is 34.3 Å². The summed E-state index contributed by atoms with van der Waals surface area (Å²) < 4.78 is 13.1. The molecule has 0 spiro atoms. The van der Waals surface area contributed by atoms with Gasteiger partial charge in [-0.2, -0.15) is 0 Å². The van der Waals surface area contributed by atoms with Crippen molar-refractivity contribution in [2.24, 2.45) is 7.05 Å². The average molecular weight is 413 g/mol. The van der Waals surface area contributed by atoms with Gasteiger partial charge in [-0.25, -0.2) is 4.98 Å². The largest absolute Gasteiger partial charge is 0.497 e. The monoisotopic (exact) mass is 413 g/mol. The summed E-state index contributed by atoms with van der Waals surface area (Å²) in [5, 5.41) is 2.14. The van der Waals surface area contributed by atoms with Crippen molar-refractivity contribution in [3.8, 4) is 11.5 Å². The summed E-state index contributed by atoms with van der Waals surface area (Å²) in [7, 11) is 5.15. The SMILES string of the molecule is CNC(=O)C(Cc1ccc(OCc2nc3ccc(OC)cc3n2C)cc1)SC=O. The molecule has 1 N–H and O–H groups in total. The maximum atomic E-state index is 11.8. The van der Waals surface area contributed by atoms with E-state index in [2.05, 4.69) is 10.3 Å². The third-order valence-corrected chi connectivity index (χ3v) is 5.47. The fourth-order valence-corrected chi connectivity index (χ4v) is 3.65. The quantitative estimate of drug-likeness (QED) is 0.543. The van der Waals surface area contributed by atoms with Crippen molar-refractivity contribution in [3.05, 3.63) is 53.9 Å². The third kappa shape index (κ3) is 4.89. The molecule has 1 aromatic heterocycles. The normalized spacial score (nSPS) is 11.8. The fraction of sp³-hybridized carbons (Fsp3) is 0.286. The number of ether oxygens (including phenoxy) is 2. The van der Waals surface area contributed by atoms with E-state index < -0.39 is 5.25 Å². The van der Waals surface area contributed by atoms with E-state index in [1.807, 2.05) is 54.1 Å². The lowest BCUT2D eigenvalue weighted by atomic mass is 10.1. The molecule has 3 rings (SSSR count). The molecule has 1 heterocycles. The average Bonchev–Trinajstić information content (AvgIpc) is 3.07. The van der Waals surface area contributed by atoms with Crippen LogP contribution in [0.15, 0.2) is 42.5 Å². The topological polar surface area (TPSA) is 82.4 Å². The van der Waals surface area contributed by atoms with E-state index in [0.29, 0.717) is 24.4 Å². The van der Waals surface area contributed by atoms with Crippen LogP contribution >= 0.6 is 11.8 Å². The first-order valence-electron chi connectivity index (χ1n) is 9.07. The molecule has 1 amide bonds. The van der Waals surface area contributed by atoms with Crippen LogP contribution in [-0.2, 0) is 29.7 Å². The van der Waals surface area contributed by atoms with Crippen molar-refractivity contribution in [2.45, 2.75) is 18.3 Å². The van der Waals surface area contributed by atoms with Crippen LogP contribution in [0.1, 0.15) is 11.4 Å². The fourth-order valence-electron chi connectivity index (χ4n) is 2.99. The first-order valence-corrected chi connectivity index (χ1v) is 10.0. The number of fused-ring (bicyclic) bond motifs is 1. The Morgan fingerprint density at radius 2 is 1.97 bits per heavy atom. The van der Waals surface area contributed by atoms with Crippen LogP contribution in [0.3, 0.4) is 0 Å². The number of benzene rings is 2. The van der Waals surface area contributed by atoms with Crippen LogP contribution in [0.25, 0.3) is 11.0 Å². The van der Waals surface area contributed by atoms with Crippen molar-refractivity contribution in [2.75, 3.05) is 14.2 Å². The zero-order chi connectivity index (χ0) is 20.8. The molecule has 3 aromatic rings. The molecule has 0 aliphatic carbocycles. The predicted molar refractivity (Wildman–Crippen MR) is 114 cm³/mol. The van der Waals surface area contributed by atoms with Crippen molar-refractivity contribution in [1.29, 1.82) is 0 Å². The molecule has 2 aromatic carbocycles. The summed E-state index contributed by atoms with van der Waals surface area (Å²) in [5.74, 6) is 2.13. The van der Waals surface area contributed by atoms with E-state index in [9.17, 15) is 9.59 Å². The Bertz CT molecular complexity index is 1000. The maximum absolute atomic E-state index is 11.8. The van der Waals surface area contributed by atoms with Gasteiger partial charge in [-0.15, -0.1) is 0 Å². The van der Waals surface area contributed by atoms with E-state index in [1.165, 1.54) is 0 Å². The Balaban J connectivity index is 1.66. The molecule has 7 nitrogen and oxygen atoms in total. The van der Waals surface area contributed by atoms with Crippen LogP contribution in [0.4, 0.5) is 0 Å². The number of carbonyl (C=O) groups excluding carboxylic acids is 2. The minimum Gasteiger partial charge on any atom is -0.497 e. The van der Waals surface area contributed by atoms with Gasteiger partial charge in [0.2, 0.25) is 5.91 Å². The summed E-state index contributed by atoms with van der Waals surface area (Å²) in [6.45, 7) is 0.328. The molecule has 8 heteroatoms. The number of nitrogens with one attached hydrogen (secondary N) is 1. The Kier molecular flexibility index (Phi) is 6.77. The lowest BCUT2D eigenvalue weighted by molar-refractivity contribution is -0.120. The minimum atomic E-state index is -0.443. The number of rotatable bonds is 9. The Labute approximate surface area is 173 Å². The number of amides is 1. The second-order valence-electron chi connectivity index (χ2n) is 6.41. The van der Waals surface area contributed by atoms with E-state index in [1.54, 1.807) is 14.2 Å². The molecular weight excluding hydrogens is 390 g/mol. The maximum Gasteiger partial charge on any atom is 0.233 e. The summed E-state index contributed by atoms with van der Waals surface area (Å²) in [6, 6.07) is 13.3. The predicted octanol–water partition coefficient (Wildman–Crippen LogP) is 2.74. The molecule has 0 bridgehead atoms. The zero-order valence-electron chi connectivity index (χ0n) is 16.5. The highest BCUT2D eigenvalue weighted by molar-refractivity contribution is 8.13. The summed E-state index contributed by atoms with van der Waals surface area (Å²) >= 11 is 0.978. The molecule has 1 unspecified atom stereocenters. The molecular formula is C21H23N3O4S. The summed E-state index contributed by atoms with van der Waals surface area (Å²) in [4.78, 5) is 27.2. The van der Waals surface area contributed by atoms with Crippen molar-refractivity contribution in [1.82, 2.24) is 14.9 Å². The Morgan fingerprint density at radius 1 is 1.24 bits per heavy atom. The van der Waals surface area contributed by atoms with E-state index in [0.717, 1.165) is 39.9 Å². The van der Waals surface area contributed by atoms with Gasteiger partial charge in [0.15, 0.2) is 5.62 Å². The van der Waals surface area contributed by atoms with Gasteiger partial charge in [-0.1, -0.05) is 23.9 Å². The van der Waals surface area contributed by atoms with Crippen molar-refractivity contribution < 1.29 is 19.1 Å². The van der Waals surface area contributed by atoms with E-state index >= 15 is 0 Å². The summed E-state index contributed by atoms with van der Waals surface area (Å²) in [5.41, 5.74) is 3.51. The smallest absolute Gasteiger partial charge is 0.233 e. The number of aryl methyl sites for hydroxylation is 1. The Hall–Kier alpha value is -3.00. The highest BCUT2D eigenvalue weighted by Crippen LogP contribution is 2.23. The van der Waals surface area contributed by atoms with Crippen LogP contribution in [-0.4, -0.2) is 40.5 Å². The zero-order valence-corrected chi connectivity index (χ0v) is 17.4. The number of carbonyl (C=O) groups is 2. The lowest BCUT2D eigenvalue weighted by Crippen LogP contribution is -2.31. The highest BCUT2D eigenvalue weighted by atomic mass is 32.2. The third-order valence-electron chi connectivity index (χ3n) is 4.65. The van der Waals surface area contributed by atoms with Gasteiger partial charge in [0, 0.05) is 20.2 Å². The molecule has 1 atom stereocenters. The van der Waals surface area contributed by atoms with Gasteiger partial charge in [0.25, 0.3) is 0 Å². The van der Waals surface area contributed by atoms with Crippen LogP contribution in [0.2, 0.25) is 0 Å². The number of methoxy groups -OCH3 is 1. The first-order chi connectivity index (χ1) is 14.0. The molecule has 0 aliphatic heterocycles. The highest BCUT2D eigenvalue weighted by Gasteiger charge is 2.18. The van der Waals surface area contributed by atoms with Crippen LogP contribution < -0.4 is 14.8 Å². The lowest BCUT2D eigenvalue weighted by Gasteiger charge is -2.12. The van der Waals surface area contributed by atoms with Crippen LogP contribution in [0.5, 0.6) is 11.5 Å². The molecule has 0 aliphatic rings. The number of thioether (sulfide) groups is 1. The Morgan fingerprint density at radius 3 is 2.62 bits per heavy atom. The molecule has 0 fully saturated rings. The molecule has 29 heavy (non-hydrogen) atoms. The van der Waals surface area contributed by atoms with Gasteiger partial charge in [0.1, 0.15) is 23.9 Å². The van der Waals surface area contributed by atoms with Gasteiger partial charge in [-0.3, -0.25) is 9.59 Å². The first kappa shape index (κ1) is 20.7. The second-order valence-corrected chi connectivity index (χ2v) is 7.45.